The van der Waals surface area contributed by atoms with Gasteiger partial charge in [0.2, 0.25) is 0 Å². The van der Waals surface area contributed by atoms with Crippen molar-refractivity contribution in [1.82, 2.24) is 15.2 Å². The van der Waals surface area contributed by atoms with Crippen LogP contribution in [0, 0.1) is 0 Å². The lowest BCUT2D eigenvalue weighted by Crippen LogP contribution is -2.49. The summed E-state index contributed by atoms with van der Waals surface area (Å²) in [6.07, 6.45) is 2.40. The van der Waals surface area contributed by atoms with Crippen LogP contribution in [0.15, 0.2) is 60.8 Å². The van der Waals surface area contributed by atoms with Crippen molar-refractivity contribution >= 4 is 28.4 Å². The van der Waals surface area contributed by atoms with E-state index >= 15 is 0 Å². The summed E-state index contributed by atoms with van der Waals surface area (Å²) >= 11 is 0. The van der Waals surface area contributed by atoms with Crippen molar-refractivity contribution in [2.45, 2.75) is 13.3 Å². The van der Waals surface area contributed by atoms with Crippen LogP contribution in [0.4, 0.5) is 5.82 Å². The zero-order valence-corrected chi connectivity index (χ0v) is 19.0. The van der Waals surface area contributed by atoms with Gasteiger partial charge in [0, 0.05) is 57.7 Å². The molecule has 0 spiro atoms. The first kappa shape index (κ1) is 22.7. The number of nitrogens with zero attached hydrogens (tertiary/aromatic N) is 3. The molecule has 1 saturated heterocycles. The third kappa shape index (κ3) is 5.68. The molecule has 7 heteroatoms. The van der Waals surface area contributed by atoms with Gasteiger partial charge in [-0.3, -0.25) is 9.59 Å². The molecule has 0 bridgehead atoms. The molecule has 0 aliphatic carbocycles. The number of fused-ring (bicyclic) bond motifs is 1. The zero-order chi connectivity index (χ0) is 23.0. The first-order valence-electron chi connectivity index (χ1n) is 11.5. The van der Waals surface area contributed by atoms with E-state index in [9.17, 15) is 9.59 Å². The predicted octanol–water partition coefficient (Wildman–Crippen LogP) is 3.35. The first-order chi connectivity index (χ1) is 16.2. The van der Waals surface area contributed by atoms with Crippen molar-refractivity contribution < 1.29 is 14.3 Å². The molecule has 0 unspecified atom stereocenters. The van der Waals surface area contributed by atoms with Crippen LogP contribution in [-0.2, 0) is 4.74 Å². The molecule has 2 heterocycles. The number of nitrogens with one attached hydrogen (secondary N) is 1. The van der Waals surface area contributed by atoms with Crippen LogP contribution >= 0.6 is 0 Å². The van der Waals surface area contributed by atoms with Gasteiger partial charge in [0.05, 0.1) is 5.56 Å². The average Bonchev–Trinajstić information content (AvgIpc) is 2.88. The lowest BCUT2D eigenvalue weighted by Gasteiger charge is -2.35. The fraction of sp³-hybridized carbons (Fsp3) is 0.346. The Labute approximate surface area is 194 Å². The SMILES string of the molecule is CCOCCCNC(=O)c1ccc(N2CCN(C(=O)c3ccc4ccccc4c3)CC2)nc1. The molecular formula is C26H30N4O3. The number of ether oxygens (including phenoxy) is 1. The monoisotopic (exact) mass is 446 g/mol. The van der Waals surface area contributed by atoms with Gasteiger partial charge in [0.25, 0.3) is 11.8 Å². The topological polar surface area (TPSA) is 74.8 Å². The highest BCUT2D eigenvalue weighted by molar-refractivity contribution is 5.98. The Morgan fingerprint density at radius 1 is 0.970 bits per heavy atom. The van der Waals surface area contributed by atoms with E-state index in [-0.39, 0.29) is 11.8 Å². The number of carbonyl (C=O) groups excluding carboxylic acids is 2. The molecule has 2 amide bonds. The van der Waals surface area contributed by atoms with E-state index in [0.29, 0.717) is 51.5 Å². The van der Waals surface area contributed by atoms with E-state index in [4.69, 9.17) is 4.74 Å². The first-order valence-corrected chi connectivity index (χ1v) is 11.5. The van der Waals surface area contributed by atoms with Crippen LogP contribution in [-0.4, -0.2) is 67.6 Å². The molecule has 1 aliphatic rings. The van der Waals surface area contributed by atoms with Crippen molar-refractivity contribution in [3.63, 3.8) is 0 Å². The number of carbonyl (C=O) groups is 2. The maximum atomic E-state index is 13.0. The summed E-state index contributed by atoms with van der Waals surface area (Å²) in [4.78, 5) is 33.8. The number of hydrogen-bond acceptors (Lipinski definition) is 5. The summed E-state index contributed by atoms with van der Waals surface area (Å²) in [5.74, 6) is 0.752. The van der Waals surface area contributed by atoms with E-state index in [1.165, 1.54) is 0 Å². The molecular weight excluding hydrogens is 416 g/mol. The number of rotatable bonds is 8. The fourth-order valence-corrected chi connectivity index (χ4v) is 3.97. The van der Waals surface area contributed by atoms with E-state index in [2.05, 4.69) is 15.2 Å². The Bertz CT molecular complexity index is 1090. The van der Waals surface area contributed by atoms with Crippen molar-refractivity contribution in [3.8, 4) is 0 Å². The smallest absolute Gasteiger partial charge is 0.253 e. The number of amides is 2. The van der Waals surface area contributed by atoms with Gasteiger partial charge in [-0.05, 0) is 48.4 Å². The summed E-state index contributed by atoms with van der Waals surface area (Å²) in [5, 5.41) is 5.09. The number of piperazine rings is 1. The van der Waals surface area contributed by atoms with E-state index in [0.717, 1.165) is 28.6 Å². The average molecular weight is 447 g/mol. The summed E-state index contributed by atoms with van der Waals surface area (Å²) in [7, 11) is 0. The molecule has 0 saturated carbocycles. The lowest BCUT2D eigenvalue weighted by molar-refractivity contribution is 0.0746. The third-order valence-electron chi connectivity index (χ3n) is 5.85. The maximum Gasteiger partial charge on any atom is 0.253 e. The minimum atomic E-state index is -0.128. The highest BCUT2D eigenvalue weighted by atomic mass is 16.5. The molecule has 2 aromatic carbocycles. The Morgan fingerprint density at radius 3 is 2.45 bits per heavy atom. The Kier molecular flexibility index (Phi) is 7.52. The number of hydrogen-bond donors (Lipinski definition) is 1. The summed E-state index contributed by atoms with van der Waals surface area (Å²) in [6, 6.07) is 17.6. The van der Waals surface area contributed by atoms with Crippen molar-refractivity contribution in [1.29, 1.82) is 0 Å². The Hall–Kier alpha value is -3.45. The van der Waals surface area contributed by atoms with E-state index < -0.39 is 0 Å². The molecule has 1 aliphatic heterocycles. The largest absolute Gasteiger partial charge is 0.382 e. The molecule has 4 rings (SSSR count). The molecule has 1 N–H and O–H groups in total. The summed E-state index contributed by atoms with van der Waals surface area (Å²) < 4.78 is 5.27. The van der Waals surface area contributed by atoms with Gasteiger partial charge < -0.3 is 19.9 Å². The molecule has 172 valence electrons. The molecule has 0 radical (unpaired) electrons. The molecule has 1 fully saturated rings. The second-order valence-corrected chi connectivity index (χ2v) is 8.05. The van der Waals surface area contributed by atoms with Crippen LogP contribution in [0.5, 0.6) is 0 Å². The second kappa shape index (κ2) is 10.9. The number of pyridine rings is 1. The van der Waals surface area contributed by atoms with Gasteiger partial charge in [-0.2, -0.15) is 0 Å². The van der Waals surface area contributed by atoms with Crippen LogP contribution in [0.2, 0.25) is 0 Å². The van der Waals surface area contributed by atoms with E-state index in [1.807, 2.05) is 60.4 Å². The highest BCUT2D eigenvalue weighted by Gasteiger charge is 2.23. The fourth-order valence-electron chi connectivity index (χ4n) is 3.97. The normalized spacial score (nSPS) is 13.8. The van der Waals surface area contributed by atoms with Gasteiger partial charge >= 0.3 is 0 Å². The minimum absolute atomic E-state index is 0.0599. The van der Waals surface area contributed by atoms with Crippen LogP contribution in [0.1, 0.15) is 34.1 Å². The second-order valence-electron chi connectivity index (χ2n) is 8.05. The van der Waals surface area contributed by atoms with Crippen LogP contribution in [0.25, 0.3) is 10.8 Å². The number of benzene rings is 2. The van der Waals surface area contributed by atoms with Gasteiger partial charge in [0.1, 0.15) is 5.82 Å². The van der Waals surface area contributed by atoms with Crippen molar-refractivity contribution in [3.05, 3.63) is 71.9 Å². The van der Waals surface area contributed by atoms with Crippen molar-refractivity contribution in [2.24, 2.45) is 0 Å². The van der Waals surface area contributed by atoms with Gasteiger partial charge in [-0.25, -0.2) is 4.98 Å². The van der Waals surface area contributed by atoms with Crippen LogP contribution in [0.3, 0.4) is 0 Å². The number of aromatic nitrogens is 1. The molecule has 1 aromatic heterocycles. The summed E-state index contributed by atoms with van der Waals surface area (Å²) in [6.45, 7) is 6.53. The Morgan fingerprint density at radius 2 is 1.73 bits per heavy atom. The molecule has 3 aromatic rings. The zero-order valence-electron chi connectivity index (χ0n) is 19.0. The quantitative estimate of drug-likeness (QED) is 0.537. The predicted molar refractivity (Wildman–Crippen MR) is 130 cm³/mol. The lowest BCUT2D eigenvalue weighted by atomic mass is 10.1. The molecule has 33 heavy (non-hydrogen) atoms. The Balaban J connectivity index is 1.29. The van der Waals surface area contributed by atoms with Gasteiger partial charge in [-0.1, -0.05) is 30.3 Å². The number of anilines is 1. The third-order valence-corrected chi connectivity index (χ3v) is 5.85. The maximum absolute atomic E-state index is 13.0. The molecule has 7 nitrogen and oxygen atoms in total. The van der Waals surface area contributed by atoms with Crippen LogP contribution < -0.4 is 10.2 Å². The van der Waals surface area contributed by atoms with Gasteiger partial charge in [0.15, 0.2) is 0 Å². The standard InChI is InChI=1S/C26H30N4O3/c1-2-33-17-5-12-27-25(31)23-10-11-24(28-19-23)29-13-15-30(16-14-29)26(32)22-9-8-20-6-3-4-7-21(20)18-22/h3-4,6-11,18-19H,2,5,12-17H2,1H3,(H,27,31). The minimum Gasteiger partial charge on any atom is -0.382 e. The van der Waals surface area contributed by atoms with Gasteiger partial charge in [-0.15, -0.1) is 0 Å². The highest BCUT2D eigenvalue weighted by Crippen LogP contribution is 2.19. The van der Waals surface area contributed by atoms with E-state index in [1.54, 1.807) is 12.3 Å². The summed E-state index contributed by atoms with van der Waals surface area (Å²) in [5.41, 5.74) is 1.26. The molecule has 0 atom stereocenters. The van der Waals surface area contributed by atoms with Crippen molar-refractivity contribution in [2.75, 3.05) is 50.8 Å².